The Bertz CT molecular complexity index is 6.00. The predicted octanol–water partition coefficient (Wildman–Crippen LogP) is 1.21. The van der Waals surface area contributed by atoms with E-state index in [4.69, 9.17) is 0 Å². The Morgan fingerprint density at radius 2 is 1.75 bits per heavy atom. The quantitative estimate of drug-likeness (QED) is 0.447. The molecule has 0 radical (unpaired) electrons. The first kappa shape index (κ1) is 8.82. The van der Waals surface area contributed by atoms with Crippen LogP contribution in [-0.2, 0) is 4.29 Å². The molecule has 0 bridgehead atoms. The summed E-state index contributed by atoms with van der Waals surface area (Å²) in [5.41, 5.74) is 0. The molecule has 3 heteroatoms. The molecule has 0 aromatic heterocycles. The van der Waals surface area contributed by atoms with Gasteiger partial charge in [0.15, 0.2) is 0 Å². The van der Waals surface area contributed by atoms with Crippen molar-refractivity contribution < 1.29 is 4.29 Å². The average Bonchev–Trinajstić information content (AvgIpc) is 0.918. The van der Waals surface area contributed by atoms with Crippen molar-refractivity contribution in [1.29, 1.82) is 0 Å². The van der Waals surface area contributed by atoms with Gasteiger partial charge in [0.05, 0.1) is 19.0 Å². The minimum atomic E-state index is 0. The van der Waals surface area contributed by atoms with Gasteiger partial charge in [0.25, 0.3) is 0 Å². The summed E-state index contributed by atoms with van der Waals surface area (Å²) in [6.07, 6.45) is 0. The third-order valence-electron chi connectivity index (χ3n) is 0. The predicted molar refractivity (Wildman–Crippen MR) is 20.1 cm³/mol. The van der Waals surface area contributed by atoms with Crippen molar-refractivity contribution in [3.63, 3.8) is 0 Å². The molecule has 0 amide bonds. The molecule has 0 aromatic carbocycles. The fourth-order valence-electron chi connectivity index (χ4n) is 0. The van der Waals surface area contributed by atoms with Crippen LogP contribution in [0.15, 0.2) is 0 Å². The highest BCUT2D eigenvalue weighted by atomic mass is 35.5. The van der Waals surface area contributed by atoms with Gasteiger partial charge in [-0.25, -0.2) is 0 Å². The van der Waals surface area contributed by atoms with E-state index in [1.165, 1.54) is 7.11 Å². The van der Waals surface area contributed by atoms with Gasteiger partial charge in [-0.1, -0.05) is 0 Å². The van der Waals surface area contributed by atoms with Gasteiger partial charge in [0.1, 0.15) is 0 Å². The largest absolute Gasteiger partial charge is 0.283 e. The SMILES string of the molecule is COCl.Cl. The molecule has 0 aliphatic carbocycles. The summed E-state index contributed by atoms with van der Waals surface area (Å²) in [5.74, 6) is 0. The number of rotatable bonds is 0. The van der Waals surface area contributed by atoms with Crippen LogP contribution in [0.1, 0.15) is 0 Å². The zero-order valence-electron chi connectivity index (χ0n) is 2.19. The lowest BCUT2D eigenvalue weighted by atomic mass is 11.8. The van der Waals surface area contributed by atoms with E-state index in [9.17, 15) is 0 Å². The Kier molecular flexibility index (Phi) is 21.2. The van der Waals surface area contributed by atoms with E-state index in [0.717, 1.165) is 0 Å². The second-order valence-electron chi connectivity index (χ2n) is 0.154. The maximum atomic E-state index is 4.50. The molecule has 1 nitrogen and oxygen atoms in total. The first-order chi connectivity index (χ1) is 1.41. The lowest BCUT2D eigenvalue weighted by Crippen LogP contribution is -1.39. The van der Waals surface area contributed by atoms with Crippen LogP contribution < -0.4 is 0 Å². The monoisotopic (exact) mass is 102 g/mol. The molecule has 0 aliphatic heterocycles. The van der Waals surface area contributed by atoms with Gasteiger partial charge >= 0.3 is 0 Å². The maximum absolute atomic E-state index is 4.50. The second kappa shape index (κ2) is 9.63. The van der Waals surface area contributed by atoms with Crippen LogP contribution in [0.25, 0.3) is 0 Å². The summed E-state index contributed by atoms with van der Waals surface area (Å²) >= 11 is 4.50. The highest BCUT2D eigenvalue weighted by Crippen LogP contribution is 1.59. The van der Waals surface area contributed by atoms with Crippen LogP contribution in [0.5, 0.6) is 0 Å². The van der Waals surface area contributed by atoms with Crippen LogP contribution >= 0.6 is 24.3 Å². The average molecular weight is 103 g/mol. The topological polar surface area (TPSA) is 9.23 Å². The van der Waals surface area contributed by atoms with Gasteiger partial charge in [-0.3, -0.25) is 4.29 Å². The van der Waals surface area contributed by atoms with E-state index in [1.54, 1.807) is 0 Å². The molecular formula is CH4Cl2O. The zero-order valence-corrected chi connectivity index (χ0v) is 3.77. The molecule has 0 N–H and O–H groups in total. The summed E-state index contributed by atoms with van der Waals surface area (Å²) in [5, 5.41) is 0. The minimum Gasteiger partial charge on any atom is -0.283 e. The van der Waals surface area contributed by atoms with Crippen LogP contribution in [-0.4, -0.2) is 7.11 Å². The number of hydrogen-bond donors (Lipinski definition) is 0. The molecule has 0 saturated carbocycles. The van der Waals surface area contributed by atoms with Crippen LogP contribution in [0, 0.1) is 0 Å². The van der Waals surface area contributed by atoms with Crippen LogP contribution in [0.3, 0.4) is 0 Å². The minimum absolute atomic E-state index is 0. The normalized spacial score (nSPS) is 4.50. The third kappa shape index (κ3) is 20.7. The van der Waals surface area contributed by atoms with Crippen LogP contribution in [0.4, 0.5) is 0 Å². The Morgan fingerprint density at radius 3 is 1.75 bits per heavy atom. The van der Waals surface area contributed by atoms with Gasteiger partial charge in [-0.15, -0.1) is 12.4 Å². The zero-order chi connectivity index (χ0) is 2.71. The van der Waals surface area contributed by atoms with Gasteiger partial charge in [0.2, 0.25) is 0 Å². The molecule has 0 aromatic rings. The highest BCUT2D eigenvalue weighted by molar-refractivity contribution is 6.07. The molecule has 4 heavy (non-hydrogen) atoms. The summed E-state index contributed by atoms with van der Waals surface area (Å²) in [6, 6.07) is 0. The summed E-state index contributed by atoms with van der Waals surface area (Å²) in [4.78, 5) is 0. The van der Waals surface area contributed by atoms with Crippen molar-refractivity contribution in [2.45, 2.75) is 0 Å². The van der Waals surface area contributed by atoms with Crippen molar-refractivity contribution in [2.24, 2.45) is 0 Å². The molecule has 0 saturated heterocycles. The summed E-state index contributed by atoms with van der Waals surface area (Å²) in [7, 11) is 1.39. The first-order valence-corrected chi connectivity index (χ1v) is 0.871. The van der Waals surface area contributed by atoms with Gasteiger partial charge < -0.3 is 0 Å². The van der Waals surface area contributed by atoms with Crippen molar-refractivity contribution in [3.8, 4) is 0 Å². The molecule has 0 heterocycles. The molecule has 0 unspecified atom stereocenters. The van der Waals surface area contributed by atoms with E-state index >= 15 is 0 Å². The fourth-order valence-corrected chi connectivity index (χ4v) is 0. The molecule has 0 rings (SSSR count). The maximum Gasteiger partial charge on any atom is 0.0606 e. The third-order valence-corrected chi connectivity index (χ3v) is 0. The lowest BCUT2D eigenvalue weighted by Gasteiger charge is -1.54. The standard InChI is InChI=1S/CH3ClO.ClH/c1-3-2;/h1H3;1H. The van der Waals surface area contributed by atoms with Crippen LogP contribution in [0.2, 0.25) is 0 Å². The molecule has 0 aliphatic rings. The Morgan fingerprint density at radius 1 is 1.75 bits per heavy atom. The Labute approximate surface area is 36.5 Å². The Hall–Kier alpha value is 0.540. The van der Waals surface area contributed by atoms with Crippen molar-refractivity contribution in [2.75, 3.05) is 7.11 Å². The second-order valence-corrected chi connectivity index (χ2v) is 0.463. The first-order valence-electron chi connectivity index (χ1n) is 0.563. The highest BCUT2D eigenvalue weighted by Gasteiger charge is 1.31. The van der Waals surface area contributed by atoms with E-state index < -0.39 is 0 Å². The smallest absolute Gasteiger partial charge is 0.0606 e. The lowest BCUT2D eigenvalue weighted by molar-refractivity contribution is 0.463. The van der Waals surface area contributed by atoms with E-state index in [-0.39, 0.29) is 12.4 Å². The number of hydrogen-bond acceptors (Lipinski definition) is 1. The number of halogens is 2. The van der Waals surface area contributed by atoms with E-state index in [2.05, 4.69) is 16.2 Å². The molecule has 0 spiro atoms. The van der Waals surface area contributed by atoms with Gasteiger partial charge in [-0.05, 0) is 0 Å². The summed E-state index contributed by atoms with van der Waals surface area (Å²) in [6.45, 7) is 0. The van der Waals surface area contributed by atoms with Gasteiger partial charge in [0, 0.05) is 0 Å². The van der Waals surface area contributed by atoms with E-state index in [0.29, 0.717) is 0 Å². The Balaban J connectivity index is 0. The van der Waals surface area contributed by atoms with Crippen molar-refractivity contribution >= 4 is 24.3 Å². The molecular weight excluding hydrogens is 98.9 g/mol. The fraction of sp³-hybridized carbons (Fsp3) is 1.00. The molecule has 0 fully saturated rings. The molecule has 28 valence electrons. The van der Waals surface area contributed by atoms with Gasteiger partial charge in [-0.2, -0.15) is 0 Å². The molecule has 0 atom stereocenters. The van der Waals surface area contributed by atoms with E-state index in [1.807, 2.05) is 0 Å². The van der Waals surface area contributed by atoms with Crippen molar-refractivity contribution in [1.82, 2.24) is 0 Å². The van der Waals surface area contributed by atoms with Crippen molar-refractivity contribution in [3.05, 3.63) is 0 Å². The summed E-state index contributed by atoms with van der Waals surface area (Å²) < 4.78 is 3.72.